The number of halogens is 1. The van der Waals surface area contributed by atoms with Crippen LogP contribution in [0.25, 0.3) is 0 Å². The zero-order valence-corrected chi connectivity index (χ0v) is 14.3. The Bertz CT molecular complexity index is 796. The van der Waals surface area contributed by atoms with Crippen LogP contribution in [0.5, 0.6) is 0 Å². The molecule has 1 aromatic heterocycles. The molecule has 1 saturated heterocycles. The Labute approximate surface area is 140 Å². The Hall–Kier alpha value is -1.73. The zero-order valence-electron chi connectivity index (χ0n) is 11.9. The number of carbonyl (C=O) groups is 2. The molecule has 1 aromatic carbocycles. The number of benzene rings is 1. The van der Waals surface area contributed by atoms with Gasteiger partial charge in [0.2, 0.25) is 5.91 Å². The van der Waals surface area contributed by atoms with Gasteiger partial charge in [-0.3, -0.25) is 9.59 Å². The van der Waals surface area contributed by atoms with Gasteiger partial charge in [-0.25, -0.2) is 0 Å². The predicted octanol–water partition coefficient (Wildman–Crippen LogP) is 2.33. The summed E-state index contributed by atoms with van der Waals surface area (Å²) >= 11 is 4.78. The van der Waals surface area contributed by atoms with Crippen molar-refractivity contribution in [2.45, 2.75) is 6.42 Å². The number of aromatic nitrogens is 1. The Kier molecular flexibility index (Phi) is 4.26. The lowest BCUT2D eigenvalue weighted by Crippen LogP contribution is -2.30. The molecular weight excluding hydrogens is 366 g/mol. The molecule has 0 saturated carbocycles. The normalized spacial score (nSPS) is 19.0. The number of amides is 2. The van der Waals surface area contributed by atoms with Gasteiger partial charge < -0.3 is 9.47 Å². The smallest absolute Gasteiger partial charge is 0.260 e. The standard InChI is InChI=1S/C15H14BrN3O2S/c1-18-7-8-22-15(18)17-13(20)12-5-6-19(14(12)21)11-4-2-3-10(16)9-11/h2-4,7-9,12H,5-6H2,1H3/t12-/m1/s1. The minimum Gasteiger partial charge on any atom is -0.327 e. The zero-order chi connectivity index (χ0) is 15.7. The third-order valence-electron chi connectivity index (χ3n) is 3.59. The number of hydrogen-bond donors (Lipinski definition) is 0. The third-order valence-corrected chi connectivity index (χ3v) is 4.93. The second-order valence-electron chi connectivity index (χ2n) is 5.06. The highest BCUT2D eigenvalue weighted by atomic mass is 79.9. The van der Waals surface area contributed by atoms with Crippen molar-refractivity contribution in [3.63, 3.8) is 0 Å². The molecule has 0 unspecified atom stereocenters. The summed E-state index contributed by atoms with van der Waals surface area (Å²) in [4.78, 5) is 31.1. The first kappa shape index (κ1) is 15.2. The third kappa shape index (κ3) is 2.91. The average Bonchev–Trinajstić information content (AvgIpc) is 3.05. The van der Waals surface area contributed by atoms with Crippen molar-refractivity contribution in [2.75, 3.05) is 11.4 Å². The molecule has 3 rings (SSSR count). The fraction of sp³-hybridized carbons (Fsp3) is 0.267. The average molecular weight is 380 g/mol. The minimum atomic E-state index is -0.680. The maximum atomic E-state index is 12.5. The van der Waals surface area contributed by atoms with Crippen LogP contribution in [0.4, 0.5) is 5.69 Å². The van der Waals surface area contributed by atoms with Crippen molar-refractivity contribution in [3.8, 4) is 0 Å². The summed E-state index contributed by atoms with van der Waals surface area (Å²) < 4.78 is 2.68. The second kappa shape index (κ2) is 6.18. The van der Waals surface area contributed by atoms with E-state index in [0.29, 0.717) is 17.8 Å². The molecule has 1 atom stereocenters. The Morgan fingerprint density at radius 3 is 2.95 bits per heavy atom. The van der Waals surface area contributed by atoms with Gasteiger partial charge in [0.1, 0.15) is 5.92 Å². The number of hydrogen-bond acceptors (Lipinski definition) is 3. The van der Waals surface area contributed by atoms with Gasteiger partial charge >= 0.3 is 0 Å². The van der Waals surface area contributed by atoms with Crippen molar-refractivity contribution in [3.05, 3.63) is 45.1 Å². The predicted molar refractivity (Wildman–Crippen MR) is 88.5 cm³/mol. The van der Waals surface area contributed by atoms with Crippen LogP contribution < -0.4 is 9.70 Å². The van der Waals surface area contributed by atoms with Gasteiger partial charge in [-0.2, -0.15) is 4.99 Å². The molecule has 7 heteroatoms. The number of carbonyl (C=O) groups excluding carboxylic acids is 2. The lowest BCUT2D eigenvalue weighted by molar-refractivity contribution is -0.130. The summed E-state index contributed by atoms with van der Waals surface area (Å²) in [7, 11) is 1.83. The van der Waals surface area contributed by atoms with Crippen LogP contribution in [0.3, 0.4) is 0 Å². The molecule has 2 amide bonds. The van der Waals surface area contributed by atoms with E-state index in [1.807, 2.05) is 42.9 Å². The van der Waals surface area contributed by atoms with Gasteiger partial charge in [-0.05, 0) is 24.6 Å². The molecule has 1 fully saturated rings. The van der Waals surface area contributed by atoms with Crippen molar-refractivity contribution in [2.24, 2.45) is 18.0 Å². The number of thiazole rings is 1. The summed E-state index contributed by atoms with van der Waals surface area (Å²) in [6, 6.07) is 7.52. The van der Waals surface area contributed by atoms with E-state index in [-0.39, 0.29) is 11.8 Å². The van der Waals surface area contributed by atoms with Crippen molar-refractivity contribution in [1.29, 1.82) is 0 Å². The fourth-order valence-corrected chi connectivity index (χ4v) is 3.54. The number of anilines is 1. The van der Waals surface area contributed by atoms with E-state index in [4.69, 9.17) is 0 Å². The van der Waals surface area contributed by atoms with Crippen molar-refractivity contribution >= 4 is 44.8 Å². The molecule has 114 valence electrons. The quantitative estimate of drug-likeness (QED) is 0.751. The first-order valence-electron chi connectivity index (χ1n) is 6.82. The van der Waals surface area contributed by atoms with Gasteiger partial charge in [0.05, 0.1) is 0 Å². The van der Waals surface area contributed by atoms with Crippen molar-refractivity contribution < 1.29 is 9.59 Å². The largest absolute Gasteiger partial charge is 0.327 e. The highest BCUT2D eigenvalue weighted by Gasteiger charge is 2.37. The Morgan fingerprint density at radius 2 is 2.27 bits per heavy atom. The van der Waals surface area contributed by atoms with E-state index in [0.717, 1.165) is 10.2 Å². The van der Waals surface area contributed by atoms with Gasteiger partial charge in [0, 0.05) is 35.3 Å². The molecule has 0 aliphatic carbocycles. The SMILES string of the molecule is Cn1ccsc1=NC(=O)[C@H]1CCN(c2cccc(Br)c2)C1=O. The first-order chi connectivity index (χ1) is 10.6. The van der Waals surface area contributed by atoms with Crippen LogP contribution in [-0.2, 0) is 16.6 Å². The van der Waals surface area contributed by atoms with Crippen LogP contribution in [0.2, 0.25) is 0 Å². The summed E-state index contributed by atoms with van der Waals surface area (Å²) in [6.07, 6.45) is 2.34. The van der Waals surface area contributed by atoms with Crippen LogP contribution in [0, 0.1) is 5.92 Å². The van der Waals surface area contributed by atoms with Gasteiger partial charge in [0.15, 0.2) is 4.80 Å². The molecule has 22 heavy (non-hydrogen) atoms. The number of rotatable bonds is 2. The molecule has 0 spiro atoms. The van der Waals surface area contributed by atoms with E-state index in [9.17, 15) is 9.59 Å². The molecular formula is C15H14BrN3O2S. The highest BCUT2D eigenvalue weighted by Crippen LogP contribution is 2.27. The Morgan fingerprint density at radius 1 is 1.45 bits per heavy atom. The van der Waals surface area contributed by atoms with Crippen LogP contribution in [0.15, 0.2) is 45.3 Å². The molecule has 1 aliphatic rings. The van der Waals surface area contributed by atoms with Gasteiger partial charge in [-0.1, -0.05) is 22.0 Å². The maximum Gasteiger partial charge on any atom is 0.260 e. The fourth-order valence-electron chi connectivity index (χ4n) is 2.42. The molecule has 0 bridgehead atoms. The number of nitrogens with zero attached hydrogens (tertiary/aromatic N) is 3. The lowest BCUT2D eigenvalue weighted by atomic mass is 10.1. The van der Waals surface area contributed by atoms with E-state index >= 15 is 0 Å². The van der Waals surface area contributed by atoms with Crippen LogP contribution in [0.1, 0.15) is 6.42 Å². The van der Waals surface area contributed by atoms with E-state index in [1.54, 1.807) is 9.47 Å². The van der Waals surface area contributed by atoms with E-state index in [2.05, 4.69) is 20.9 Å². The highest BCUT2D eigenvalue weighted by molar-refractivity contribution is 9.10. The second-order valence-corrected chi connectivity index (χ2v) is 6.85. The first-order valence-corrected chi connectivity index (χ1v) is 8.49. The molecule has 1 aliphatic heterocycles. The minimum absolute atomic E-state index is 0.175. The molecule has 0 radical (unpaired) electrons. The van der Waals surface area contributed by atoms with E-state index in [1.165, 1.54) is 11.3 Å². The summed E-state index contributed by atoms with van der Waals surface area (Å²) in [5.41, 5.74) is 0.802. The van der Waals surface area contributed by atoms with Crippen LogP contribution in [-0.4, -0.2) is 22.9 Å². The van der Waals surface area contributed by atoms with E-state index < -0.39 is 5.92 Å². The maximum absolute atomic E-state index is 12.5. The summed E-state index contributed by atoms with van der Waals surface area (Å²) in [5.74, 6) is -1.22. The Balaban J connectivity index is 1.82. The van der Waals surface area contributed by atoms with Crippen molar-refractivity contribution in [1.82, 2.24) is 4.57 Å². The van der Waals surface area contributed by atoms with Gasteiger partial charge in [-0.15, -0.1) is 11.3 Å². The molecule has 2 heterocycles. The monoisotopic (exact) mass is 379 g/mol. The molecule has 2 aromatic rings. The molecule has 0 N–H and O–H groups in total. The lowest BCUT2D eigenvalue weighted by Gasteiger charge is -2.16. The summed E-state index contributed by atoms with van der Waals surface area (Å²) in [6.45, 7) is 0.539. The molecule has 5 nitrogen and oxygen atoms in total. The number of aryl methyl sites for hydroxylation is 1. The topological polar surface area (TPSA) is 54.7 Å². The van der Waals surface area contributed by atoms with Crippen LogP contribution >= 0.6 is 27.3 Å². The van der Waals surface area contributed by atoms with Gasteiger partial charge in [0.25, 0.3) is 5.91 Å². The summed E-state index contributed by atoms with van der Waals surface area (Å²) in [5, 5.41) is 1.86.